The van der Waals surface area contributed by atoms with Crippen LogP contribution in [0.15, 0.2) is 16.5 Å². The van der Waals surface area contributed by atoms with Gasteiger partial charge in [-0.25, -0.2) is 4.79 Å². The largest absolute Gasteiger partial charge is 0.475 e. The monoisotopic (exact) mass is 224 g/mol. The zero-order chi connectivity index (χ0) is 11.2. The molecule has 0 aliphatic carbocycles. The van der Waals surface area contributed by atoms with Crippen LogP contribution in [0.1, 0.15) is 21.7 Å². The van der Waals surface area contributed by atoms with Gasteiger partial charge in [-0.2, -0.15) is 0 Å². The average molecular weight is 225 g/mol. The summed E-state index contributed by atoms with van der Waals surface area (Å²) in [6.07, 6.45) is 0. The lowest BCUT2D eigenvalue weighted by Crippen LogP contribution is -1.95. The van der Waals surface area contributed by atoms with E-state index in [4.69, 9.17) is 21.1 Å². The molecule has 15 heavy (non-hydrogen) atoms. The lowest BCUT2D eigenvalue weighted by molar-refractivity contribution is 0.0664. The Labute approximate surface area is 91.3 Å². The Kier molecular flexibility index (Phi) is 2.20. The van der Waals surface area contributed by atoms with E-state index in [1.807, 2.05) is 13.0 Å². The normalized spacial score (nSPS) is 10.9. The zero-order valence-corrected chi connectivity index (χ0v) is 9.05. The van der Waals surface area contributed by atoms with Crippen LogP contribution in [0, 0.1) is 13.8 Å². The van der Waals surface area contributed by atoms with Crippen LogP contribution >= 0.6 is 11.6 Å². The lowest BCUT2D eigenvalue weighted by atomic mass is 10.1. The fourth-order valence-electron chi connectivity index (χ4n) is 1.62. The molecule has 1 aromatic heterocycles. The number of furan rings is 1. The number of aromatic carboxylic acids is 1. The van der Waals surface area contributed by atoms with Gasteiger partial charge < -0.3 is 9.52 Å². The Morgan fingerprint density at radius 1 is 1.40 bits per heavy atom. The number of rotatable bonds is 1. The molecular weight excluding hydrogens is 216 g/mol. The number of carboxylic acid groups (broad SMARTS) is 1. The number of hydrogen-bond donors (Lipinski definition) is 1. The van der Waals surface area contributed by atoms with E-state index in [1.165, 1.54) is 0 Å². The van der Waals surface area contributed by atoms with Gasteiger partial charge in [-0.1, -0.05) is 11.6 Å². The van der Waals surface area contributed by atoms with Crippen molar-refractivity contribution in [2.24, 2.45) is 0 Å². The first-order valence-electron chi connectivity index (χ1n) is 4.43. The zero-order valence-electron chi connectivity index (χ0n) is 8.30. The van der Waals surface area contributed by atoms with Gasteiger partial charge in [0.25, 0.3) is 0 Å². The second-order valence-electron chi connectivity index (χ2n) is 3.48. The van der Waals surface area contributed by atoms with E-state index in [1.54, 1.807) is 13.0 Å². The molecule has 0 atom stereocenters. The Hall–Kier alpha value is -1.48. The molecule has 3 nitrogen and oxygen atoms in total. The minimum atomic E-state index is -1.07. The van der Waals surface area contributed by atoms with Crippen molar-refractivity contribution in [2.45, 2.75) is 13.8 Å². The van der Waals surface area contributed by atoms with Crippen molar-refractivity contribution in [1.82, 2.24) is 0 Å². The summed E-state index contributed by atoms with van der Waals surface area (Å²) in [5, 5.41) is 10.1. The summed E-state index contributed by atoms with van der Waals surface area (Å²) in [4.78, 5) is 10.9. The second-order valence-corrected chi connectivity index (χ2v) is 3.89. The van der Waals surface area contributed by atoms with Gasteiger partial charge in [0.15, 0.2) is 5.58 Å². The van der Waals surface area contributed by atoms with Crippen LogP contribution < -0.4 is 0 Å². The molecule has 0 unspecified atom stereocenters. The van der Waals surface area contributed by atoms with Crippen LogP contribution in [0.4, 0.5) is 0 Å². The third kappa shape index (κ3) is 1.49. The fourth-order valence-corrected chi connectivity index (χ4v) is 1.93. The first-order valence-corrected chi connectivity index (χ1v) is 4.81. The van der Waals surface area contributed by atoms with E-state index in [0.29, 0.717) is 16.2 Å². The Bertz CT molecular complexity index is 554. The predicted octanol–water partition coefficient (Wildman–Crippen LogP) is 3.40. The highest BCUT2D eigenvalue weighted by Crippen LogP contribution is 2.31. The molecule has 1 heterocycles. The van der Waals surface area contributed by atoms with Crippen LogP contribution in [0.3, 0.4) is 0 Å². The summed E-state index contributed by atoms with van der Waals surface area (Å²) >= 11 is 5.97. The highest BCUT2D eigenvalue weighted by Gasteiger charge is 2.18. The molecule has 0 radical (unpaired) electrons. The van der Waals surface area contributed by atoms with Gasteiger partial charge in [0.05, 0.1) is 5.02 Å². The Morgan fingerprint density at radius 2 is 2.07 bits per heavy atom. The van der Waals surface area contributed by atoms with E-state index in [9.17, 15) is 4.79 Å². The standard InChI is InChI=1S/C11H9ClO3/c1-5-3-7-6(2)9(11(13)14)15-10(7)8(12)4-5/h3-4H,1-2H3,(H,13,14). The molecule has 78 valence electrons. The molecule has 2 aromatic rings. The molecular formula is C11H9ClO3. The third-order valence-corrected chi connectivity index (χ3v) is 2.61. The maximum atomic E-state index is 10.9. The predicted molar refractivity (Wildman–Crippen MR) is 57.7 cm³/mol. The SMILES string of the molecule is Cc1cc(Cl)c2oc(C(=O)O)c(C)c2c1. The van der Waals surface area contributed by atoms with Crippen LogP contribution in [0.2, 0.25) is 5.02 Å². The Balaban J connectivity index is 2.88. The van der Waals surface area contributed by atoms with Crippen LogP contribution in [0.5, 0.6) is 0 Å². The van der Waals surface area contributed by atoms with Gasteiger partial charge in [-0.3, -0.25) is 0 Å². The van der Waals surface area contributed by atoms with E-state index in [-0.39, 0.29) is 5.76 Å². The number of carbonyl (C=O) groups is 1. The molecule has 0 spiro atoms. The summed E-state index contributed by atoms with van der Waals surface area (Å²) < 4.78 is 5.21. The number of carboxylic acids is 1. The molecule has 0 aliphatic rings. The van der Waals surface area contributed by atoms with Crippen molar-refractivity contribution in [2.75, 3.05) is 0 Å². The van der Waals surface area contributed by atoms with Crippen LogP contribution in [-0.4, -0.2) is 11.1 Å². The number of aryl methyl sites for hydroxylation is 2. The molecule has 0 amide bonds. The topological polar surface area (TPSA) is 50.4 Å². The molecule has 0 saturated carbocycles. The minimum absolute atomic E-state index is 0.0440. The van der Waals surface area contributed by atoms with E-state index < -0.39 is 5.97 Å². The van der Waals surface area contributed by atoms with Gasteiger partial charge >= 0.3 is 5.97 Å². The van der Waals surface area contributed by atoms with E-state index >= 15 is 0 Å². The van der Waals surface area contributed by atoms with Gasteiger partial charge in [-0.05, 0) is 31.5 Å². The number of fused-ring (bicyclic) bond motifs is 1. The van der Waals surface area contributed by atoms with E-state index in [0.717, 1.165) is 10.9 Å². The molecule has 4 heteroatoms. The molecule has 0 bridgehead atoms. The molecule has 0 saturated heterocycles. The van der Waals surface area contributed by atoms with Gasteiger partial charge in [0.2, 0.25) is 5.76 Å². The quantitative estimate of drug-likeness (QED) is 0.808. The van der Waals surface area contributed by atoms with Crippen molar-refractivity contribution in [3.63, 3.8) is 0 Å². The second kappa shape index (κ2) is 3.28. The van der Waals surface area contributed by atoms with E-state index in [2.05, 4.69) is 0 Å². The van der Waals surface area contributed by atoms with Gasteiger partial charge in [0, 0.05) is 10.9 Å². The number of hydrogen-bond acceptors (Lipinski definition) is 2. The highest BCUT2D eigenvalue weighted by atomic mass is 35.5. The molecule has 2 rings (SSSR count). The summed E-state index contributed by atoms with van der Waals surface area (Å²) in [6.45, 7) is 3.61. The Morgan fingerprint density at radius 3 is 2.67 bits per heavy atom. The highest BCUT2D eigenvalue weighted by molar-refractivity contribution is 6.35. The van der Waals surface area contributed by atoms with Crippen molar-refractivity contribution in [3.8, 4) is 0 Å². The fraction of sp³-hybridized carbons (Fsp3) is 0.182. The summed E-state index contributed by atoms with van der Waals surface area (Å²) in [6, 6.07) is 3.62. The summed E-state index contributed by atoms with van der Waals surface area (Å²) in [5.74, 6) is -1.12. The van der Waals surface area contributed by atoms with Gasteiger partial charge in [-0.15, -0.1) is 0 Å². The molecule has 0 fully saturated rings. The number of benzene rings is 1. The maximum Gasteiger partial charge on any atom is 0.372 e. The first kappa shape index (κ1) is 10.1. The molecule has 1 N–H and O–H groups in total. The summed E-state index contributed by atoms with van der Waals surface area (Å²) in [7, 11) is 0. The first-order chi connectivity index (χ1) is 7.00. The maximum absolute atomic E-state index is 10.9. The smallest absolute Gasteiger partial charge is 0.372 e. The average Bonchev–Trinajstić information content (AvgIpc) is 2.44. The molecule has 0 aliphatic heterocycles. The molecule has 1 aromatic carbocycles. The minimum Gasteiger partial charge on any atom is -0.475 e. The van der Waals surface area contributed by atoms with Crippen molar-refractivity contribution < 1.29 is 14.3 Å². The summed E-state index contributed by atoms with van der Waals surface area (Å²) in [5.41, 5.74) is 2.04. The van der Waals surface area contributed by atoms with Crippen molar-refractivity contribution in [3.05, 3.63) is 34.0 Å². The lowest BCUT2D eigenvalue weighted by Gasteiger charge is -1.95. The van der Waals surface area contributed by atoms with Crippen LogP contribution in [-0.2, 0) is 0 Å². The van der Waals surface area contributed by atoms with Crippen LogP contribution in [0.25, 0.3) is 11.0 Å². The third-order valence-electron chi connectivity index (χ3n) is 2.33. The van der Waals surface area contributed by atoms with Crippen molar-refractivity contribution >= 4 is 28.5 Å². The van der Waals surface area contributed by atoms with Crippen molar-refractivity contribution in [1.29, 1.82) is 0 Å². The number of halogens is 1. The van der Waals surface area contributed by atoms with Gasteiger partial charge in [0.1, 0.15) is 0 Å².